The zero-order chi connectivity index (χ0) is 30.2. The van der Waals surface area contributed by atoms with Gasteiger partial charge in [-0.1, -0.05) is 75.6 Å². The molecule has 0 aliphatic rings. The average Bonchev–Trinajstić information content (AvgIpc) is 2.84. The third-order valence-electron chi connectivity index (χ3n) is 6.91. The van der Waals surface area contributed by atoms with E-state index in [9.17, 15) is 14.4 Å². The number of carbonyl (C=O) groups is 3. The van der Waals surface area contributed by atoms with Gasteiger partial charge in [-0.05, 0) is 83.1 Å². The van der Waals surface area contributed by atoms with Crippen LogP contribution in [0.3, 0.4) is 0 Å². The lowest BCUT2D eigenvalue weighted by atomic mass is 9.94. The normalized spacial score (nSPS) is 13.0. The number of para-hydroxylation sites is 1. The molecule has 0 heterocycles. The van der Waals surface area contributed by atoms with Crippen molar-refractivity contribution in [3.05, 3.63) is 64.2 Å². The Kier molecular flexibility index (Phi) is 11.8. The average molecular weight is 552 g/mol. The summed E-state index contributed by atoms with van der Waals surface area (Å²) in [6, 6.07) is 10.1. The van der Waals surface area contributed by atoms with Crippen LogP contribution in [-0.4, -0.2) is 41.0 Å². The van der Waals surface area contributed by atoms with E-state index in [-0.39, 0.29) is 17.7 Å². The van der Waals surface area contributed by atoms with E-state index in [1.54, 1.807) is 25.7 Å². The second-order valence-corrected chi connectivity index (χ2v) is 12.1. The largest absolute Gasteiger partial charge is 0.444 e. The van der Waals surface area contributed by atoms with Crippen molar-refractivity contribution in [2.24, 2.45) is 5.92 Å². The molecule has 0 aliphatic heterocycles. The van der Waals surface area contributed by atoms with E-state index in [4.69, 9.17) is 4.74 Å². The Morgan fingerprint density at radius 2 is 1.55 bits per heavy atom. The lowest BCUT2D eigenvalue weighted by Gasteiger charge is -2.36. The van der Waals surface area contributed by atoms with Gasteiger partial charge < -0.3 is 20.3 Å². The molecule has 0 aromatic heterocycles. The molecule has 0 fully saturated rings. The molecular weight excluding hydrogens is 502 g/mol. The van der Waals surface area contributed by atoms with Gasteiger partial charge in [0, 0.05) is 12.2 Å². The van der Waals surface area contributed by atoms with E-state index in [1.807, 2.05) is 77.9 Å². The molecule has 0 spiro atoms. The number of aryl methyl sites for hydroxylation is 4. The van der Waals surface area contributed by atoms with Crippen molar-refractivity contribution in [3.8, 4) is 0 Å². The van der Waals surface area contributed by atoms with Gasteiger partial charge in [0.05, 0.1) is 0 Å². The fourth-order valence-corrected chi connectivity index (χ4v) is 4.73. The molecule has 2 aromatic carbocycles. The SMILES string of the molecule is CCCCCN(C(=O)C(NC(=O)OC(C)(C)C)C(C)C)C(C(=O)Nc1c(C)cccc1C)c1cc(C)ccc1C. The Hall–Kier alpha value is -3.35. The lowest BCUT2D eigenvalue weighted by molar-refractivity contribution is -0.141. The quantitative estimate of drug-likeness (QED) is 0.290. The van der Waals surface area contributed by atoms with Crippen molar-refractivity contribution in [2.45, 2.75) is 106 Å². The molecule has 2 atom stereocenters. The van der Waals surface area contributed by atoms with E-state index in [0.717, 1.165) is 52.8 Å². The number of benzene rings is 2. The first-order valence-electron chi connectivity index (χ1n) is 14.4. The standard InChI is InChI=1S/C33H49N3O4/c1-11-12-13-19-36(31(38)27(21(2)3)35-32(39)40-33(8,9)10)29(26-20-22(4)17-18-23(26)5)30(37)34-28-24(6)15-14-16-25(28)7/h14-18,20-21,27,29H,11-13,19H2,1-10H3,(H,34,37)(H,35,39). The number of alkyl carbamates (subject to hydrolysis) is 1. The van der Waals surface area contributed by atoms with Crippen LogP contribution in [0.2, 0.25) is 0 Å². The number of nitrogens with zero attached hydrogens (tertiary/aromatic N) is 1. The highest BCUT2D eigenvalue weighted by atomic mass is 16.6. The minimum absolute atomic E-state index is 0.227. The summed E-state index contributed by atoms with van der Waals surface area (Å²) in [5, 5.41) is 5.94. The van der Waals surface area contributed by atoms with Gasteiger partial charge in [0.2, 0.25) is 5.91 Å². The highest BCUT2D eigenvalue weighted by Crippen LogP contribution is 2.30. The maximum absolute atomic E-state index is 14.4. The maximum Gasteiger partial charge on any atom is 0.408 e. The summed E-state index contributed by atoms with van der Waals surface area (Å²) < 4.78 is 5.48. The van der Waals surface area contributed by atoms with Gasteiger partial charge in [-0.15, -0.1) is 0 Å². The summed E-state index contributed by atoms with van der Waals surface area (Å²) in [5.74, 6) is -0.815. The zero-order valence-electron chi connectivity index (χ0n) is 26.1. The van der Waals surface area contributed by atoms with E-state index in [2.05, 4.69) is 17.6 Å². The molecule has 2 rings (SSSR count). The van der Waals surface area contributed by atoms with E-state index in [1.165, 1.54) is 0 Å². The molecule has 2 aromatic rings. The molecule has 220 valence electrons. The zero-order valence-corrected chi connectivity index (χ0v) is 26.1. The molecule has 7 heteroatoms. The van der Waals surface area contributed by atoms with Crippen LogP contribution in [0.25, 0.3) is 0 Å². The number of ether oxygens (including phenoxy) is 1. The number of hydrogen-bond donors (Lipinski definition) is 2. The molecule has 7 nitrogen and oxygen atoms in total. The Morgan fingerprint density at radius 1 is 0.925 bits per heavy atom. The monoisotopic (exact) mass is 551 g/mol. The van der Waals surface area contributed by atoms with Gasteiger partial charge in [-0.25, -0.2) is 4.79 Å². The van der Waals surface area contributed by atoms with E-state index in [0.29, 0.717) is 6.54 Å². The summed E-state index contributed by atoms with van der Waals surface area (Å²) in [5.41, 5.74) is 4.62. The Morgan fingerprint density at radius 3 is 2.10 bits per heavy atom. The first-order chi connectivity index (χ1) is 18.7. The molecule has 0 bridgehead atoms. The van der Waals surface area contributed by atoms with Crippen LogP contribution in [0.1, 0.15) is 94.7 Å². The minimum atomic E-state index is -0.884. The topological polar surface area (TPSA) is 87.7 Å². The molecule has 2 unspecified atom stereocenters. The highest BCUT2D eigenvalue weighted by Gasteiger charge is 2.38. The van der Waals surface area contributed by atoms with Gasteiger partial charge in [0.15, 0.2) is 0 Å². The Balaban J connectivity index is 2.63. The first kappa shape index (κ1) is 32.9. The second-order valence-electron chi connectivity index (χ2n) is 12.1. The molecule has 40 heavy (non-hydrogen) atoms. The van der Waals surface area contributed by atoms with Gasteiger partial charge in [0.25, 0.3) is 5.91 Å². The first-order valence-corrected chi connectivity index (χ1v) is 14.4. The van der Waals surface area contributed by atoms with Crippen LogP contribution in [0.15, 0.2) is 36.4 Å². The van der Waals surface area contributed by atoms with Crippen molar-refractivity contribution >= 4 is 23.6 Å². The molecule has 0 saturated heterocycles. The molecular formula is C33H49N3O4. The fourth-order valence-electron chi connectivity index (χ4n) is 4.73. The van der Waals surface area contributed by atoms with Crippen LogP contribution < -0.4 is 10.6 Å². The summed E-state index contributed by atoms with van der Waals surface area (Å²) in [6.45, 7) is 19.4. The second kappa shape index (κ2) is 14.3. The highest BCUT2D eigenvalue weighted by molar-refractivity contribution is 6.00. The van der Waals surface area contributed by atoms with E-state index < -0.39 is 23.8 Å². The summed E-state index contributed by atoms with van der Waals surface area (Å²) in [6.07, 6.45) is 1.95. The third-order valence-corrected chi connectivity index (χ3v) is 6.91. The van der Waals surface area contributed by atoms with Crippen LogP contribution in [-0.2, 0) is 14.3 Å². The predicted octanol–water partition coefficient (Wildman–Crippen LogP) is 7.17. The summed E-state index contributed by atoms with van der Waals surface area (Å²) in [4.78, 5) is 43.0. The Labute approximate surface area is 241 Å². The van der Waals surface area contributed by atoms with Crippen LogP contribution in [0.5, 0.6) is 0 Å². The lowest BCUT2D eigenvalue weighted by Crippen LogP contribution is -2.54. The number of amides is 3. The van der Waals surface area contributed by atoms with Gasteiger partial charge in [0.1, 0.15) is 17.7 Å². The van der Waals surface area contributed by atoms with Gasteiger partial charge >= 0.3 is 6.09 Å². The summed E-state index contributed by atoms with van der Waals surface area (Å²) >= 11 is 0. The number of nitrogens with one attached hydrogen (secondary N) is 2. The van der Waals surface area contributed by atoms with Crippen molar-refractivity contribution in [3.63, 3.8) is 0 Å². The predicted molar refractivity (Wildman–Crippen MR) is 162 cm³/mol. The van der Waals surface area contributed by atoms with Crippen molar-refractivity contribution in [2.75, 3.05) is 11.9 Å². The van der Waals surface area contributed by atoms with Crippen LogP contribution >= 0.6 is 0 Å². The molecule has 3 amide bonds. The third kappa shape index (κ3) is 9.10. The number of rotatable bonds is 11. The Bertz CT molecular complexity index is 1160. The van der Waals surface area contributed by atoms with Crippen LogP contribution in [0.4, 0.5) is 10.5 Å². The molecule has 0 saturated carbocycles. The van der Waals surface area contributed by atoms with Crippen molar-refractivity contribution in [1.82, 2.24) is 10.2 Å². The molecule has 2 N–H and O–H groups in total. The number of anilines is 1. The number of carbonyl (C=O) groups excluding carboxylic acids is 3. The van der Waals surface area contributed by atoms with Gasteiger partial charge in [-0.2, -0.15) is 0 Å². The van der Waals surface area contributed by atoms with Crippen LogP contribution in [0, 0.1) is 33.6 Å². The molecule has 0 aliphatic carbocycles. The number of hydrogen-bond acceptors (Lipinski definition) is 4. The van der Waals surface area contributed by atoms with Crippen molar-refractivity contribution < 1.29 is 19.1 Å². The fraction of sp³-hybridized carbons (Fsp3) is 0.545. The van der Waals surface area contributed by atoms with Gasteiger partial charge in [-0.3, -0.25) is 9.59 Å². The summed E-state index contributed by atoms with van der Waals surface area (Å²) in [7, 11) is 0. The smallest absolute Gasteiger partial charge is 0.408 e. The van der Waals surface area contributed by atoms with E-state index >= 15 is 0 Å². The number of unbranched alkanes of at least 4 members (excludes halogenated alkanes) is 2. The van der Waals surface area contributed by atoms with Crippen molar-refractivity contribution in [1.29, 1.82) is 0 Å². The maximum atomic E-state index is 14.4. The minimum Gasteiger partial charge on any atom is -0.444 e. The molecule has 0 radical (unpaired) electrons.